The molecular formula is C24H23N7O3. The fraction of sp³-hybridized carbons (Fsp3) is 0.250. The minimum atomic E-state index is -1.20. The van der Waals surface area contributed by atoms with Gasteiger partial charge in [0.1, 0.15) is 23.4 Å². The number of aromatic nitrogens is 6. The second-order valence-electron chi connectivity index (χ2n) is 8.31. The zero-order valence-corrected chi connectivity index (χ0v) is 19.0. The molecule has 0 fully saturated rings. The summed E-state index contributed by atoms with van der Waals surface area (Å²) in [4.78, 5) is 12.5. The van der Waals surface area contributed by atoms with Crippen LogP contribution in [0.25, 0.3) is 33.5 Å². The predicted molar refractivity (Wildman–Crippen MR) is 127 cm³/mol. The van der Waals surface area contributed by atoms with Gasteiger partial charge in [0.2, 0.25) is 5.88 Å². The third kappa shape index (κ3) is 3.93. The number of fused-ring (bicyclic) bond motifs is 2. The molecule has 5 aromatic rings. The van der Waals surface area contributed by atoms with Gasteiger partial charge in [0.25, 0.3) is 0 Å². The van der Waals surface area contributed by atoms with Crippen molar-refractivity contribution in [1.29, 1.82) is 0 Å². The molecule has 172 valence electrons. The lowest BCUT2D eigenvalue weighted by Gasteiger charge is -2.09. The van der Waals surface area contributed by atoms with Crippen LogP contribution < -0.4 is 10.5 Å². The Morgan fingerprint density at radius 1 is 1.24 bits per heavy atom. The number of nitrogens with one attached hydrogen (secondary N) is 1. The summed E-state index contributed by atoms with van der Waals surface area (Å²) in [6.45, 7) is 6.07. The van der Waals surface area contributed by atoms with E-state index in [-0.39, 0.29) is 5.82 Å². The number of aromatic amines is 1. The molecule has 34 heavy (non-hydrogen) atoms. The average Bonchev–Trinajstić information content (AvgIpc) is 3.51. The van der Waals surface area contributed by atoms with Crippen molar-refractivity contribution in [2.24, 2.45) is 0 Å². The number of nitrogens with two attached hydrogens (primary N) is 1. The highest BCUT2D eigenvalue weighted by Gasteiger charge is 2.22. The Labute approximate surface area is 194 Å². The predicted octanol–water partition coefficient (Wildman–Crippen LogP) is 3.27. The van der Waals surface area contributed by atoms with Crippen LogP contribution in [-0.2, 0) is 13.2 Å². The number of nitrogens with zero attached hydrogens (tertiary/aromatic N) is 5. The van der Waals surface area contributed by atoms with Gasteiger partial charge in [0, 0.05) is 35.3 Å². The first-order valence-electron chi connectivity index (χ1n) is 10.8. The first-order chi connectivity index (χ1) is 16.3. The summed E-state index contributed by atoms with van der Waals surface area (Å²) in [5.74, 6) is 6.76. The van der Waals surface area contributed by atoms with E-state index in [9.17, 15) is 5.11 Å². The Kier molecular flexibility index (Phi) is 5.18. The molecule has 0 unspecified atom stereocenters. The number of anilines is 1. The van der Waals surface area contributed by atoms with Gasteiger partial charge in [-0.15, -0.1) is 0 Å². The maximum Gasteiger partial charge on any atom is 0.217 e. The Morgan fingerprint density at radius 2 is 2.06 bits per heavy atom. The molecule has 0 aliphatic rings. The summed E-state index contributed by atoms with van der Waals surface area (Å²) >= 11 is 0. The van der Waals surface area contributed by atoms with Crippen LogP contribution in [0.2, 0.25) is 0 Å². The molecular weight excluding hydrogens is 434 g/mol. The largest absolute Gasteiger partial charge is 0.473 e. The van der Waals surface area contributed by atoms with E-state index >= 15 is 0 Å². The molecule has 1 aromatic carbocycles. The molecule has 0 aliphatic heterocycles. The van der Waals surface area contributed by atoms with Crippen LogP contribution in [0.4, 0.5) is 5.82 Å². The van der Waals surface area contributed by atoms with Crippen LogP contribution >= 0.6 is 0 Å². The van der Waals surface area contributed by atoms with Crippen molar-refractivity contribution in [2.75, 3.05) is 5.73 Å². The van der Waals surface area contributed by atoms with Crippen LogP contribution in [-0.4, -0.2) is 40.5 Å². The fourth-order valence-corrected chi connectivity index (χ4v) is 3.73. The van der Waals surface area contributed by atoms with Crippen molar-refractivity contribution in [3.05, 3.63) is 47.8 Å². The molecule has 0 aliphatic carbocycles. The number of rotatable bonds is 5. The van der Waals surface area contributed by atoms with Crippen LogP contribution in [0.5, 0.6) is 5.88 Å². The molecule has 0 atom stereocenters. The SMILES string of the molecule is CCn1c(-c2nonc2N)nc2c(C#CC(C)(C)O)nc(OCc3c[nH]c4ccccc34)cc21. The number of nitrogen functional groups attached to an aromatic ring is 1. The van der Waals surface area contributed by atoms with E-state index in [0.717, 1.165) is 22.0 Å². The van der Waals surface area contributed by atoms with Gasteiger partial charge < -0.3 is 25.1 Å². The molecule has 0 radical (unpaired) electrons. The highest BCUT2D eigenvalue weighted by atomic mass is 16.6. The molecule has 10 heteroatoms. The summed E-state index contributed by atoms with van der Waals surface area (Å²) in [6, 6.07) is 9.83. The van der Waals surface area contributed by atoms with E-state index in [4.69, 9.17) is 20.1 Å². The molecule has 0 bridgehead atoms. The van der Waals surface area contributed by atoms with Crippen molar-refractivity contribution in [2.45, 2.75) is 39.5 Å². The molecule has 0 amide bonds. The van der Waals surface area contributed by atoms with E-state index in [1.807, 2.05) is 48.0 Å². The minimum absolute atomic E-state index is 0.137. The molecule has 4 N–H and O–H groups in total. The Bertz CT molecular complexity index is 1560. The lowest BCUT2D eigenvalue weighted by atomic mass is 10.1. The third-order valence-electron chi connectivity index (χ3n) is 5.29. The Hall–Kier alpha value is -4.36. The summed E-state index contributed by atoms with van der Waals surface area (Å²) in [5.41, 5.74) is 8.75. The molecule has 0 spiro atoms. The van der Waals surface area contributed by atoms with E-state index in [1.165, 1.54) is 0 Å². The Balaban J connectivity index is 1.62. The van der Waals surface area contributed by atoms with Crippen LogP contribution in [0.15, 0.2) is 41.2 Å². The molecule has 0 saturated carbocycles. The monoisotopic (exact) mass is 457 g/mol. The van der Waals surface area contributed by atoms with Crippen molar-refractivity contribution >= 4 is 27.8 Å². The van der Waals surface area contributed by atoms with Gasteiger partial charge in [0.05, 0.1) is 5.52 Å². The van der Waals surface area contributed by atoms with E-state index in [1.54, 1.807) is 13.8 Å². The maximum atomic E-state index is 10.1. The van der Waals surface area contributed by atoms with Gasteiger partial charge in [-0.2, -0.15) is 0 Å². The van der Waals surface area contributed by atoms with Crippen molar-refractivity contribution < 1.29 is 14.5 Å². The van der Waals surface area contributed by atoms with Gasteiger partial charge in [-0.25, -0.2) is 14.6 Å². The first kappa shape index (κ1) is 21.5. The summed E-state index contributed by atoms with van der Waals surface area (Å²) in [5, 5.41) is 18.8. The van der Waals surface area contributed by atoms with Crippen molar-refractivity contribution in [3.8, 4) is 29.2 Å². The average molecular weight is 457 g/mol. The number of H-pyrrole nitrogens is 1. The number of pyridine rings is 1. The van der Waals surface area contributed by atoms with Gasteiger partial charge in [-0.1, -0.05) is 24.1 Å². The molecule has 5 rings (SSSR count). The van der Waals surface area contributed by atoms with Gasteiger partial charge >= 0.3 is 0 Å². The van der Waals surface area contributed by atoms with Gasteiger partial charge in [-0.3, -0.25) is 0 Å². The first-order valence-corrected chi connectivity index (χ1v) is 10.8. The molecule has 0 saturated heterocycles. The Morgan fingerprint density at radius 3 is 2.79 bits per heavy atom. The minimum Gasteiger partial charge on any atom is -0.473 e. The van der Waals surface area contributed by atoms with Crippen molar-refractivity contribution in [3.63, 3.8) is 0 Å². The number of aliphatic hydroxyl groups is 1. The zero-order valence-electron chi connectivity index (χ0n) is 19.0. The van der Waals surface area contributed by atoms with Gasteiger partial charge in [0.15, 0.2) is 17.3 Å². The zero-order chi connectivity index (χ0) is 23.9. The number of ether oxygens (including phenoxy) is 1. The molecule has 4 aromatic heterocycles. The number of hydrogen-bond acceptors (Lipinski definition) is 8. The van der Waals surface area contributed by atoms with Crippen molar-refractivity contribution in [1.82, 2.24) is 29.8 Å². The quantitative estimate of drug-likeness (QED) is 0.342. The number of hydrogen-bond donors (Lipinski definition) is 3. The highest BCUT2D eigenvalue weighted by Crippen LogP contribution is 2.30. The van der Waals surface area contributed by atoms with Crippen LogP contribution in [0, 0.1) is 11.8 Å². The topological polar surface area (TPSA) is 141 Å². The third-order valence-corrected chi connectivity index (χ3v) is 5.29. The molecule has 10 nitrogen and oxygen atoms in total. The summed E-state index contributed by atoms with van der Waals surface area (Å²) in [6.07, 6.45) is 1.92. The maximum absolute atomic E-state index is 10.1. The fourth-order valence-electron chi connectivity index (χ4n) is 3.73. The number of para-hydroxylation sites is 1. The second-order valence-corrected chi connectivity index (χ2v) is 8.31. The molecule has 4 heterocycles. The lowest BCUT2D eigenvalue weighted by Crippen LogP contribution is -2.14. The standard InChI is InChI=1S/C24H23N7O3/c1-4-31-18-11-19(33-13-14-12-26-16-8-6-5-7-15(14)16)27-17(9-10-24(2,3)32)20(18)28-23(31)21-22(25)30-34-29-21/h5-8,11-12,26,32H,4,13H2,1-3H3,(H2,25,30). The summed E-state index contributed by atoms with van der Waals surface area (Å²) in [7, 11) is 0. The van der Waals surface area contributed by atoms with E-state index in [0.29, 0.717) is 41.8 Å². The smallest absolute Gasteiger partial charge is 0.217 e. The van der Waals surface area contributed by atoms with E-state index in [2.05, 4.69) is 32.1 Å². The second kappa shape index (κ2) is 8.20. The van der Waals surface area contributed by atoms with Crippen LogP contribution in [0.1, 0.15) is 32.0 Å². The number of imidazole rings is 1. The lowest BCUT2D eigenvalue weighted by molar-refractivity contribution is 0.143. The van der Waals surface area contributed by atoms with Crippen LogP contribution in [0.3, 0.4) is 0 Å². The normalized spacial score (nSPS) is 11.6. The summed E-state index contributed by atoms with van der Waals surface area (Å²) < 4.78 is 12.8. The number of benzene rings is 1. The highest BCUT2D eigenvalue weighted by molar-refractivity contribution is 5.86. The van der Waals surface area contributed by atoms with Gasteiger partial charge in [-0.05, 0) is 43.1 Å². The number of aryl methyl sites for hydroxylation is 1. The van der Waals surface area contributed by atoms with E-state index < -0.39 is 5.60 Å².